The molecule has 1 N–H and O–H groups in total. The Morgan fingerprint density at radius 2 is 2.03 bits per heavy atom. The van der Waals surface area contributed by atoms with Gasteiger partial charge in [0.05, 0.1) is 29.8 Å². The zero-order valence-electron chi connectivity index (χ0n) is 18.3. The molecule has 2 aromatic carbocycles. The largest absolute Gasteiger partial charge is 0.467 e. The van der Waals surface area contributed by atoms with E-state index in [1.165, 1.54) is 35.1 Å². The predicted molar refractivity (Wildman–Crippen MR) is 130 cm³/mol. The number of amidine groups is 2. The van der Waals surface area contributed by atoms with Crippen molar-refractivity contribution in [3.63, 3.8) is 0 Å². The van der Waals surface area contributed by atoms with Crippen LogP contribution >= 0.6 is 11.8 Å². The second-order valence-corrected chi connectivity index (χ2v) is 8.77. The molecular weight excluding hydrogens is 470 g/mol. The maximum Gasteiger partial charge on any atom is 0.269 e. The van der Waals surface area contributed by atoms with Gasteiger partial charge in [-0.3, -0.25) is 24.7 Å². The molecule has 3 heterocycles. The number of fused-ring (bicyclic) bond motifs is 3. The predicted octanol–water partition coefficient (Wildman–Crippen LogP) is 3.79. The summed E-state index contributed by atoms with van der Waals surface area (Å²) in [4.78, 5) is 47.1. The molecule has 35 heavy (non-hydrogen) atoms. The molecule has 0 fully saturated rings. The molecule has 0 bridgehead atoms. The van der Waals surface area contributed by atoms with E-state index in [9.17, 15) is 19.7 Å². The number of hydrogen-bond donors (Lipinski definition) is 1. The van der Waals surface area contributed by atoms with E-state index in [1.807, 2.05) is 24.3 Å². The average molecular weight is 490 g/mol. The summed E-state index contributed by atoms with van der Waals surface area (Å²) in [7, 11) is 0. The summed E-state index contributed by atoms with van der Waals surface area (Å²) in [6.45, 7) is 0.224. The Kier molecular flexibility index (Phi) is 6.15. The Labute approximate surface area is 203 Å². The van der Waals surface area contributed by atoms with E-state index in [1.54, 1.807) is 24.3 Å². The monoisotopic (exact) mass is 489 g/mol. The minimum absolute atomic E-state index is 0.000784. The molecule has 3 aromatic rings. The van der Waals surface area contributed by atoms with Crippen LogP contribution in [-0.4, -0.2) is 38.7 Å². The van der Waals surface area contributed by atoms with Gasteiger partial charge in [-0.2, -0.15) is 0 Å². The fourth-order valence-corrected chi connectivity index (χ4v) is 4.73. The number of para-hydroxylation sites is 1. The first kappa shape index (κ1) is 22.5. The molecule has 0 saturated carbocycles. The number of thioether (sulfide) groups is 1. The first-order chi connectivity index (χ1) is 17.0. The first-order valence-electron chi connectivity index (χ1n) is 10.7. The lowest BCUT2D eigenvalue weighted by atomic mass is 10.1. The second kappa shape index (κ2) is 9.55. The van der Waals surface area contributed by atoms with E-state index < -0.39 is 11.0 Å². The molecule has 0 saturated heterocycles. The number of nitro benzene ring substituents is 1. The van der Waals surface area contributed by atoms with Gasteiger partial charge in [0.15, 0.2) is 5.17 Å². The Balaban J connectivity index is 1.35. The highest BCUT2D eigenvalue weighted by molar-refractivity contribution is 8.13. The molecule has 0 spiro atoms. The standard InChI is InChI=1S/C24H19N5O5S/c30-21(25-13-17-7-4-10-34-17)12-20-23(31)28-22(26-20)18-8-1-2-9-19(18)27-24(28)35-14-15-5-3-6-16(11-15)29(32)33/h1-11,20H,12-14H2,(H,25,30). The van der Waals surface area contributed by atoms with Crippen molar-refractivity contribution in [3.05, 3.63) is 93.9 Å². The smallest absolute Gasteiger partial charge is 0.269 e. The van der Waals surface area contributed by atoms with Gasteiger partial charge in [0.1, 0.15) is 17.6 Å². The van der Waals surface area contributed by atoms with E-state index >= 15 is 0 Å². The van der Waals surface area contributed by atoms with Crippen LogP contribution in [0.3, 0.4) is 0 Å². The molecule has 0 radical (unpaired) electrons. The molecule has 1 aromatic heterocycles. The number of hydrogen-bond acceptors (Lipinski definition) is 8. The lowest BCUT2D eigenvalue weighted by Gasteiger charge is -2.25. The molecule has 2 amide bonds. The molecule has 2 aliphatic rings. The van der Waals surface area contributed by atoms with Crippen molar-refractivity contribution in [2.24, 2.45) is 9.98 Å². The van der Waals surface area contributed by atoms with Gasteiger partial charge in [0, 0.05) is 23.4 Å². The first-order valence-corrected chi connectivity index (χ1v) is 11.7. The van der Waals surface area contributed by atoms with E-state index in [0.717, 1.165) is 5.56 Å². The number of nitrogens with zero attached hydrogens (tertiary/aromatic N) is 4. The van der Waals surface area contributed by atoms with Gasteiger partial charge in [-0.05, 0) is 29.8 Å². The number of amides is 2. The van der Waals surface area contributed by atoms with Gasteiger partial charge >= 0.3 is 0 Å². The van der Waals surface area contributed by atoms with Crippen molar-refractivity contribution in [2.45, 2.75) is 24.8 Å². The summed E-state index contributed by atoms with van der Waals surface area (Å²) in [5.41, 5.74) is 2.10. The van der Waals surface area contributed by atoms with Crippen LogP contribution in [0.15, 0.2) is 81.3 Å². The van der Waals surface area contributed by atoms with Gasteiger partial charge in [-0.15, -0.1) is 0 Å². The average Bonchev–Trinajstić information content (AvgIpc) is 3.50. The highest BCUT2D eigenvalue weighted by atomic mass is 32.2. The molecular formula is C24H19N5O5S. The zero-order chi connectivity index (χ0) is 24.4. The molecule has 176 valence electrons. The van der Waals surface area contributed by atoms with Crippen molar-refractivity contribution < 1.29 is 18.9 Å². The maximum absolute atomic E-state index is 13.3. The number of benzene rings is 2. The molecule has 5 rings (SSSR count). The van der Waals surface area contributed by atoms with Crippen LogP contribution in [0.5, 0.6) is 0 Å². The quantitative estimate of drug-likeness (QED) is 0.397. The summed E-state index contributed by atoms with van der Waals surface area (Å²) in [6.07, 6.45) is 1.42. The summed E-state index contributed by atoms with van der Waals surface area (Å²) >= 11 is 1.28. The summed E-state index contributed by atoms with van der Waals surface area (Å²) < 4.78 is 5.22. The summed E-state index contributed by atoms with van der Waals surface area (Å²) in [5, 5.41) is 14.3. The van der Waals surface area contributed by atoms with Gasteiger partial charge < -0.3 is 9.73 Å². The molecule has 11 heteroatoms. The van der Waals surface area contributed by atoms with E-state index in [2.05, 4.69) is 15.3 Å². The van der Waals surface area contributed by atoms with Crippen molar-refractivity contribution in [3.8, 4) is 0 Å². The lowest BCUT2D eigenvalue weighted by molar-refractivity contribution is -0.384. The summed E-state index contributed by atoms with van der Waals surface area (Å²) in [6, 6.07) is 16.3. The second-order valence-electron chi connectivity index (χ2n) is 7.83. The third kappa shape index (κ3) is 4.71. The molecule has 10 nitrogen and oxygen atoms in total. The zero-order valence-corrected chi connectivity index (χ0v) is 19.1. The van der Waals surface area contributed by atoms with Gasteiger partial charge in [0.2, 0.25) is 5.91 Å². The Morgan fingerprint density at radius 1 is 1.17 bits per heavy atom. The number of non-ortho nitro benzene ring substituents is 1. The Hall–Kier alpha value is -4.25. The molecule has 1 unspecified atom stereocenters. The van der Waals surface area contributed by atoms with Crippen molar-refractivity contribution in [1.82, 2.24) is 10.2 Å². The van der Waals surface area contributed by atoms with Crippen LogP contribution in [0.4, 0.5) is 11.4 Å². The minimum atomic E-state index is -0.878. The number of carbonyl (C=O) groups is 2. The van der Waals surface area contributed by atoms with Crippen LogP contribution in [0.25, 0.3) is 0 Å². The van der Waals surface area contributed by atoms with Crippen molar-refractivity contribution in [2.75, 3.05) is 0 Å². The summed E-state index contributed by atoms with van der Waals surface area (Å²) in [5.74, 6) is 0.772. The van der Waals surface area contributed by atoms with Crippen LogP contribution in [0.2, 0.25) is 0 Å². The third-order valence-electron chi connectivity index (χ3n) is 5.46. The van der Waals surface area contributed by atoms with Gasteiger partial charge in [-0.25, -0.2) is 9.89 Å². The van der Waals surface area contributed by atoms with Gasteiger partial charge in [0.25, 0.3) is 11.6 Å². The van der Waals surface area contributed by atoms with Crippen LogP contribution in [0, 0.1) is 10.1 Å². The maximum atomic E-state index is 13.3. The molecule has 2 aliphatic heterocycles. The fraction of sp³-hybridized carbons (Fsp3) is 0.167. The normalized spacial score (nSPS) is 16.3. The number of nitro groups is 1. The Morgan fingerprint density at radius 3 is 2.83 bits per heavy atom. The van der Waals surface area contributed by atoms with E-state index in [-0.39, 0.29) is 30.5 Å². The van der Waals surface area contributed by atoms with Crippen LogP contribution in [-0.2, 0) is 21.9 Å². The van der Waals surface area contributed by atoms with E-state index in [0.29, 0.717) is 33.8 Å². The third-order valence-corrected chi connectivity index (χ3v) is 6.47. The van der Waals surface area contributed by atoms with Crippen molar-refractivity contribution in [1.29, 1.82) is 0 Å². The molecule has 1 atom stereocenters. The highest BCUT2D eigenvalue weighted by Gasteiger charge is 2.42. The number of aliphatic imine (C=N–C) groups is 2. The van der Waals surface area contributed by atoms with E-state index in [4.69, 9.17) is 4.42 Å². The number of rotatable bonds is 7. The number of nitrogens with one attached hydrogen (secondary N) is 1. The van der Waals surface area contributed by atoms with Crippen LogP contribution in [0.1, 0.15) is 23.3 Å². The topological polar surface area (TPSA) is 130 Å². The van der Waals surface area contributed by atoms with Gasteiger partial charge in [-0.1, -0.05) is 36.0 Å². The highest BCUT2D eigenvalue weighted by Crippen LogP contribution is 2.35. The fourth-order valence-electron chi connectivity index (χ4n) is 3.79. The SMILES string of the molecule is O=C(CC1N=C2c3ccccc3N=C(SCc3cccc([N+](=O)[O-])c3)N2C1=O)NCc1ccco1. The number of furan rings is 1. The lowest BCUT2D eigenvalue weighted by Crippen LogP contribution is -2.42. The Bertz CT molecular complexity index is 1370. The van der Waals surface area contributed by atoms with Crippen LogP contribution < -0.4 is 5.32 Å². The number of carbonyl (C=O) groups excluding carboxylic acids is 2. The molecule has 0 aliphatic carbocycles. The van der Waals surface area contributed by atoms with Crippen molar-refractivity contribution >= 4 is 46.0 Å². The minimum Gasteiger partial charge on any atom is -0.467 e.